The van der Waals surface area contributed by atoms with Crippen molar-refractivity contribution < 1.29 is 10.3 Å². The molecule has 0 radical (unpaired) electrons. The van der Waals surface area contributed by atoms with Gasteiger partial charge >= 0.3 is 0 Å². The van der Waals surface area contributed by atoms with E-state index in [2.05, 4.69) is 12.2 Å². The average Bonchev–Trinajstić information content (AvgIpc) is 2.31. The molecule has 0 saturated carbocycles. The van der Waals surface area contributed by atoms with Gasteiger partial charge in [0, 0.05) is 0 Å². The summed E-state index contributed by atoms with van der Waals surface area (Å²) in [5.41, 5.74) is 0. The van der Waals surface area contributed by atoms with E-state index < -0.39 is 5.09 Å². The van der Waals surface area contributed by atoms with Gasteiger partial charge < -0.3 is 10.5 Å². The molecule has 0 unspecified atom stereocenters. The predicted molar refractivity (Wildman–Crippen MR) is 74.6 cm³/mol. The Morgan fingerprint density at radius 3 is 1.61 bits per heavy atom. The largest absolute Gasteiger partial charge is 0.328 e. The smallest absolute Gasteiger partial charge is 0.291 e. The van der Waals surface area contributed by atoms with Crippen LogP contribution in [-0.2, 0) is 0 Å². The maximum atomic E-state index is 8.36. The van der Waals surface area contributed by atoms with Gasteiger partial charge in [0.05, 0.1) is 0 Å². The zero-order valence-electron chi connectivity index (χ0n) is 12.0. The number of rotatable bonds is 11. The Kier molecular flexibility index (Phi) is 20.1. The summed E-state index contributed by atoms with van der Waals surface area (Å²) in [5, 5.41) is 16.8. The molecule has 0 spiro atoms. The van der Waals surface area contributed by atoms with Gasteiger partial charge in [-0.05, 0) is 20.0 Å². The fourth-order valence-electron chi connectivity index (χ4n) is 1.79. The molecular weight excluding hydrogens is 232 g/mol. The summed E-state index contributed by atoms with van der Waals surface area (Å²) in [6, 6.07) is 0. The molecule has 110 valence electrons. The standard InChI is InChI=1S/C13H29N.HNO3/c1-3-4-5-6-7-8-9-10-11-12-13-14-2;2-1(3)4/h14H,3-13H2,1-2H3;(H,2,3,4). The second-order valence-electron chi connectivity index (χ2n) is 4.52. The van der Waals surface area contributed by atoms with Crippen molar-refractivity contribution in [2.75, 3.05) is 13.6 Å². The van der Waals surface area contributed by atoms with Gasteiger partial charge in [-0.1, -0.05) is 64.7 Å². The Morgan fingerprint density at radius 2 is 1.28 bits per heavy atom. The lowest BCUT2D eigenvalue weighted by Crippen LogP contribution is -2.06. The normalized spacial score (nSPS) is 9.67. The Morgan fingerprint density at radius 1 is 0.944 bits per heavy atom. The second-order valence-corrected chi connectivity index (χ2v) is 4.52. The minimum atomic E-state index is -1.50. The van der Waals surface area contributed by atoms with Gasteiger partial charge in [0.25, 0.3) is 5.09 Å². The van der Waals surface area contributed by atoms with Gasteiger partial charge in [-0.2, -0.15) is 0 Å². The summed E-state index contributed by atoms with van der Waals surface area (Å²) in [6.45, 7) is 3.47. The Hall–Kier alpha value is -0.840. The van der Waals surface area contributed by atoms with Crippen molar-refractivity contribution in [3.63, 3.8) is 0 Å². The van der Waals surface area contributed by atoms with Crippen LogP contribution in [0.15, 0.2) is 0 Å². The Labute approximate surface area is 111 Å². The van der Waals surface area contributed by atoms with Gasteiger partial charge in [-0.25, -0.2) is 0 Å². The zero-order chi connectivity index (χ0) is 14.1. The van der Waals surface area contributed by atoms with E-state index in [9.17, 15) is 0 Å². The van der Waals surface area contributed by atoms with Crippen LogP contribution >= 0.6 is 0 Å². The lowest BCUT2D eigenvalue weighted by molar-refractivity contribution is -0.742. The van der Waals surface area contributed by atoms with E-state index in [0.29, 0.717) is 0 Å². The molecule has 0 aliphatic heterocycles. The van der Waals surface area contributed by atoms with E-state index in [1.54, 1.807) is 0 Å². The number of nitrogens with one attached hydrogen (secondary N) is 1. The summed E-state index contributed by atoms with van der Waals surface area (Å²) in [6.07, 6.45) is 14.3. The molecule has 0 rings (SSSR count). The van der Waals surface area contributed by atoms with Crippen LogP contribution in [0.2, 0.25) is 0 Å². The highest BCUT2D eigenvalue weighted by molar-refractivity contribution is 4.48. The third kappa shape index (κ3) is 29.4. The van der Waals surface area contributed by atoms with Gasteiger partial charge in [-0.3, -0.25) is 0 Å². The summed E-state index contributed by atoms with van der Waals surface area (Å²) in [5.74, 6) is 0. The first-order valence-electron chi connectivity index (χ1n) is 7.13. The molecule has 5 heteroatoms. The van der Waals surface area contributed by atoms with Crippen LogP contribution in [0.5, 0.6) is 0 Å². The van der Waals surface area contributed by atoms with Crippen molar-refractivity contribution in [2.24, 2.45) is 0 Å². The molecule has 0 bridgehead atoms. The first-order valence-corrected chi connectivity index (χ1v) is 7.13. The topological polar surface area (TPSA) is 75.4 Å². The Bertz CT molecular complexity index is 150. The van der Waals surface area contributed by atoms with Crippen molar-refractivity contribution >= 4 is 0 Å². The van der Waals surface area contributed by atoms with Gasteiger partial charge in [0.1, 0.15) is 0 Å². The maximum absolute atomic E-state index is 8.36. The molecule has 0 atom stereocenters. The second kappa shape index (κ2) is 18.5. The molecule has 18 heavy (non-hydrogen) atoms. The summed E-state index contributed by atoms with van der Waals surface area (Å²) in [4.78, 5) is 8.36. The average molecular weight is 262 g/mol. The lowest BCUT2D eigenvalue weighted by Gasteiger charge is -2.01. The molecule has 0 heterocycles. The van der Waals surface area contributed by atoms with Crippen LogP contribution in [0, 0.1) is 10.1 Å². The molecule has 0 amide bonds. The molecule has 0 aromatic rings. The van der Waals surface area contributed by atoms with E-state index in [1.165, 1.54) is 70.8 Å². The lowest BCUT2D eigenvalue weighted by atomic mass is 10.1. The molecule has 2 N–H and O–H groups in total. The van der Waals surface area contributed by atoms with E-state index in [4.69, 9.17) is 15.3 Å². The summed E-state index contributed by atoms with van der Waals surface area (Å²) < 4.78 is 0. The van der Waals surface area contributed by atoms with Crippen molar-refractivity contribution in [3.05, 3.63) is 10.1 Å². The maximum Gasteiger partial charge on any atom is 0.291 e. The van der Waals surface area contributed by atoms with E-state index in [0.717, 1.165) is 0 Å². The molecule has 0 saturated heterocycles. The van der Waals surface area contributed by atoms with Crippen LogP contribution in [-0.4, -0.2) is 23.9 Å². The van der Waals surface area contributed by atoms with Crippen LogP contribution < -0.4 is 5.32 Å². The molecule has 0 fully saturated rings. The van der Waals surface area contributed by atoms with Gasteiger partial charge in [-0.15, -0.1) is 10.1 Å². The predicted octanol–water partition coefficient (Wildman–Crippen LogP) is 3.78. The van der Waals surface area contributed by atoms with Crippen molar-refractivity contribution in [2.45, 2.75) is 71.1 Å². The minimum Gasteiger partial charge on any atom is -0.328 e. The highest BCUT2D eigenvalue weighted by Crippen LogP contribution is 2.09. The van der Waals surface area contributed by atoms with E-state index >= 15 is 0 Å². The van der Waals surface area contributed by atoms with E-state index in [1.807, 2.05) is 7.05 Å². The fourth-order valence-corrected chi connectivity index (χ4v) is 1.79. The number of hydrogen-bond donors (Lipinski definition) is 2. The minimum absolute atomic E-state index is 1.19. The molecule has 0 aliphatic rings. The summed E-state index contributed by atoms with van der Waals surface area (Å²) in [7, 11) is 2.04. The zero-order valence-corrected chi connectivity index (χ0v) is 12.0. The highest BCUT2D eigenvalue weighted by Gasteiger charge is 1.91. The van der Waals surface area contributed by atoms with Gasteiger partial charge in [0.15, 0.2) is 0 Å². The molecular formula is C13H30N2O3. The molecule has 0 aromatic heterocycles. The first-order chi connectivity index (χ1) is 8.65. The van der Waals surface area contributed by atoms with Crippen molar-refractivity contribution in [3.8, 4) is 0 Å². The third-order valence-electron chi connectivity index (χ3n) is 2.78. The summed E-state index contributed by atoms with van der Waals surface area (Å²) >= 11 is 0. The van der Waals surface area contributed by atoms with Crippen LogP contribution in [0.3, 0.4) is 0 Å². The first kappa shape index (κ1) is 19.5. The molecule has 5 nitrogen and oxygen atoms in total. The van der Waals surface area contributed by atoms with E-state index in [-0.39, 0.29) is 0 Å². The Balaban J connectivity index is 0. The van der Waals surface area contributed by atoms with Crippen LogP contribution in [0.25, 0.3) is 0 Å². The SMILES string of the molecule is CCCCCCCCCCCCNC.O=[N+]([O-])O. The van der Waals surface area contributed by atoms with Crippen LogP contribution in [0.1, 0.15) is 71.1 Å². The third-order valence-corrected chi connectivity index (χ3v) is 2.78. The number of unbranched alkanes of at least 4 members (excludes halogenated alkanes) is 9. The molecule has 0 aliphatic carbocycles. The van der Waals surface area contributed by atoms with Crippen LogP contribution in [0.4, 0.5) is 0 Å². The van der Waals surface area contributed by atoms with Gasteiger partial charge in [0.2, 0.25) is 0 Å². The monoisotopic (exact) mass is 262 g/mol. The fraction of sp³-hybridized carbons (Fsp3) is 1.00. The quantitative estimate of drug-likeness (QED) is 0.337. The number of nitrogens with zero attached hydrogens (tertiary/aromatic N) is 1. The molecule has 0 aromatic carbocycles. The van der Waals surface area contributed by atoms with Crippen molar-refractivity contribution in [1.29, 1.82) is 0 Å². The highest BCUT2D eigenvalue weighted by atomic mass is 16.9. The number of hydrogen-bond acceptors (Lipinski definition) is 3. The van der Waals surface area contributed by atoms with Crippen molar-refractivity contribution in [1.82, 2.24) is 5.32 Å².